The van der Waals surface area contributed by atoms with Crippen molar-refractivity contribution in [2.45, 2.75) is 25.4 Å². The number of nitrogens with one attached hydrogen (secondary N) is 1. The molecule has 0 saturated carbocycles. The Hall–Kier alpha value is -2.28. The summed E-state index contributed by atoms with van der Waals surface area (Å²) in [5.74, 6) is 2.29. The van der Waals surface area contributed by atoms with E-state index in [1.807, 2.05) is 37.3 Å². The Morgan fingerprint density at radius 3 is 2.74 bits per heavy atom. The monoisotopic (exact) mass is 256 g/mol. The number of terminal acetylenes is 1. The fourth-order valence-electron chi connectivity index (χ4n) is 2.34. The molecule has 1 saturated heterocycles. The largest absolute Gasteiger partial charge is 0.345 e. The number of hydrogen-bond donors (Lipinski definition) is 1. The molecule has 98 valence electrons. The van der Waals surface area contributed by atoms with E-state index in [0.29, 0.717) is 6.42 Å². The molecule has 0 radical (unpaired) electrons. The van der Waals surface area contributed by atoms with Crippen LogP contribution in [-0.2, 0) is 9.59 Å². The normalized spacial score (nSPS) is 20.6. The van der Waals surface area contributed by atoms with Gasteiger partial charge in [0.25, 0.3) is 0 Å². The highest BCUT2D eigenvalue weighted by molar-refractivity contribution is 5.95. The van der Waals surface area contributed by atoms with Gasteiger partial charge in [-0.25, -0.2) is 0 Å². The first-order chi connectivity index (χ1) is 9.15. The molecule has 1 heterocycles. The lowest BCUT2D eigenvalue weighted by Crippen LogP contribution is -2.56. The van der Waals surface area contributed by atoms with Crippen molar-refractivity contribution in [3.05, 3.63) is 35.9 Å². The lowest BCUT2D eigenvalue weighted by atomic mass is 9.99. The lowest BCUT2D eigenvalue weighted by molar-refractivity contribution is -0.148. The quantitative estimate of drug-likeness (QED) is 0.823. The van der Waals surface area contributed by atoms with E-state index in [-0.39, 0.29) is 24.4 Å². The van der Waals surface area contributed by atoms with Gasteiger partial charge in [-0.1, -0.05) is 30.3 Å². The van der Waals surface area contributed by atoms with Crippen molar-refractivity contribution in [3.63, 3.8) is 0 Å². The average molecular weight is 256 g/mol. The van der Waals surface area contributed by atoms with E-state index in [1.54, 1.807) is 4.90 Å². The molecule has 2 unspecified atom stereocenters. The van der Waals surface area contributed by atoms with Gasteiger partial charge in [0.05, 0.1) is 6.54 Å². The Labute approximate surface area is 112 Å². The van der Waals surface area contributed by atoms with Gasteiger partial charge in [0.1, 0.15) is 6.04 Å². The molecular formula is C15H16N2O2. The van der Waals surface area contributed by atoms with Crippen LogP contribution in [0.2, 0.25) is 0 Å². The summed E-state index contributed by atoms with van der Waals surface area (Å²) in [5.41, 5.74) is 0.803. The van der Waals surface area contributed by atoms with Gasteiger partial charge in [0.15, 0.2) is 0 Å². The van der Waals surface area contributed by atoms with Gasteiger partial charge in [0, 0.05) is 12.5 Å². The van der Waals surface area contributed by atoms with Crippen LogP contribution in [0.15, 0.2) is 30.3 Å². The molecule has 0 aliphatic carbocycles. The van der Waals surface area contributed by atoms with E-state index in [1.165, 1.54) is 0 Å². The van der Waals surface area contributed by atoms with E-state index in [2.05, 4.69) is 11.2 Å². The Morgan fingerprint density at radius 2 is 2.11 bits per heavy atom. The molecule has 1 N–H and O–H groups in total. The van der Waals surface area contributed by atoms with Gasteiger partial charge in [-0.15, -0.1) is 12.3 Å². The first-order valence-corrected chi connectivity index (χ1v) is 6.22. The second kappa shape index (κ2) is 5.57. The molecule has 2 rings (SSSR count). The topological polar surface area (TPSA) is 49.4 Å². The number of benzene rings is 1. The number of rotatable bonds is 3. The van der Waals surface area contributed by atoms with Crippen LogP contribution >= 0.6 is 0 Å². The third-order valence-corrected chi connectivity index (χ3v) is 3.23. The molecule has 2 amide bonds. The van der Waals surface area contributed by atoms with Crippen LogP contribution in [0, 0.1) is 12.3 Å². The van der Waals surface area contributed by atoms with Gasteiger partial charge in [-0.05, 0) is 12.5 Å². The van der Waals surface area contributed by atoms with E-state index in [4.69, 9.17) is 6.42 Å². The van der Waals surface area contributed by atoms with Crippen LogP contribution in [0.3, 0.4) is 0 Å². The van der Waals surface area contributed by atoms with Crippen molar-refractivity contribution in [3.8, 4) is 12.3 Å². The molecule has 1 aliphatic rings. The molecule has 1 aromatic rings. The molecule has 4 nitrogen and oxygen atoms in total. The number of hydrogen-bond acceptors (Lipinski definition) is 2. The first kappa shape index (κ1) is 13.2. The molecule has 1 aliphatic heterocycles. The minimum absolute atomic E-state index is 0.0388. The predicted molar refractivity (Wildman–Crippen MR) is 72.0 cm³/mol. The van der Waals surface area contributed by atoms with Crippen LogP contribution in [0.5, 0.6) is 0 Å². The Morgan fingerprint density at radius 1 is 1.42 bits per heavy atom. The highest BCUT2D eigenvalue weighted by Gasteiger charge is 2.37. The maximum Gasteiger partial charge on any atom is 0.247 e. The zero-order chi connectivity index (χ0) is 13.8. The number of piperazine rings is 1. The molecular weight excluding hydrogens is 240 g/mol. The van der Waals surface area contributed by atoms with Crippen molar-refractivity contribution in [2.24, 2.45) is 0 Å². The molecule has 0 bridgehead atoms. The molecule has 1 fully saturated rings. The summed E-state index contributed by atoms with van der Waals surface area (Å²) in [7, 11) is 0. The molecule has 0 aromatic heterocycles. The summed E-state index contributed by atoms with van der Waals surface area (Å²) < 4.78 is 0. The van der Waals surface area contributed by atoms with Crippen molar-refractivity contribution in [2.75, 3.05) is 6.54 Å². The van der Waals surface area contributed by atoms with Crippen LogP contribution < -0.4 is 5.32 Å². The molecule has 2 atom stereocenters. The molecule has 19 heavy (non-hydrogen) atoms. The smallest absolute Gasteiger partial charge is 0.247 e. The van der Waals surface area contributed by atoms with Crippen LogP contribution in [0.4, 0.5) is 0 Å². The van der Waals surface area contributed by atoms with Gasteiger partial charge in [-0.3, -0.25) is 9.59 Å². The molecule has 4 heteroatoms. The summed E-state index contributed by atoms with van der Waals surface area (Å²) >= 11 is 0. The van der Waals surface area contributed by atoms with Gasteiger partial charge < -0.3 is 10.2 Å². The minimum Gasteiger partial charge on any atom is -0.345 e. The van der Waals surface area contributed by atoms with Gasteiger partial charge in [0.2, 0.25) is 11.8 Å². The first-order valence-electron chi connectivity index (χ1n) is 6.22. The highest BCUT2D eigenvalue weighted by atomic mass is 16.2. The van der Waals surface area contributed by atoms with Crippen LogP contribution in [0.25, 0.3) is 0 Å². The highest BCUT2D eigenvalue weighted by Crippen LogP contribution is 2.26. The minimum atomic E-state index is -0.592. The van der Waals surface area contributed by atoms with Crippen molar-refractivity contribution < 1.29 is 9.59 Å². The number of amides is 2. The summed E-state index contributed by atoms with van der Waals surface area (Å²) in [4.78, 5) is 25.8. The third kappa shape index (κ3) is 2.60. The average Bonchev–Trinajstić information content (AvgIpc) is 2.42. The standard InChI is InChI=1S/C15H16N2O2/c1-3-7-11(2)17-13(18)10-16-15(19)14(17)12-8-5-4-6-9-12/h1,4-6,8-9,11,14H,7,10H2,2H3,(H,16,19). The fraction of sp³-hybridized carbons (Fsp3) is 0.333. The van der Waals surface area contributed by atoms with E-state index < -0.39 is 6.04 Å². The number of nitrogens with zero attached hydrogens (tertiary/aromatic N) is 1. The van der Waals surface area contributed by atoms with Crippen molar-refractivity contribution in [1.29, 1.82) is 0 Å². The van der Waals surface area contributed by atoms with Crippen LogP contribution in [0.1, 0.15) is 24.9 Å². The molecule has 0 spiro atoms. The fourth-order valence-corrected chi connectivity index (χ4v) is 2.34. The zero-order valence-electron chi connectivity index (χ0n) is 10.8. The second-order valence-corrected chi connectivity index (χ2v) is 4.59. The van der Waals surface area contributed by atoms with E-state index in [0.717, 1.165) is 5.56 Å². The Bertz CT molecular complexity index is 519. The number of carbonyl (C=O) groups excluding carboxylic acids is 2. The lowest BCUT2D eigenvalue weighted by Gasteiger charge is -2.38. The second-order valence-electron chi connectivity index (χ2n) is 4.59. The number of carbonyl (C=O) groups is 2. The summed E-state index contributed by atoms with van der Waals surface area (Å²) in [6.45, 7) is 1.91. The van der Waals surface area contributed by atoms with E-state index >= 15 is 0 Å². The summed E-state index contributed by atoms with van der Waals surface area (Å²) in [5, 5.41) is 2.63. The SMILES string of the molecule is C#CCC(C)N1C(=O)CNC(=O)C1c1ccccc1. The summed E-state index contributed by atoms with van der Waals surface area (Å²) in [6.07, 6.45) is 5.74. The van der Waals surface area contributed by atoms with E-state index in [9.17, 15) is 9.59 Å². The van der Waals surface area contributed by atoms with Crippen molar-refractivity contribution in [1.82, 2.24) is 10.2 Å². The Balaban J connectivity index is 2.37. The maximum absolute atomic E-state index is 12.1. The van der Waals surface area contributed by atoms with Crippen molar-refractivity contribution >= 4 is 11.8 Å². The zero-order valence-corrected chi connectivity index (χ0v) is 10.8. The van der Waals surface area contributed by atoms with Crippen LogP contribution in [-0.4, -0.2) is 29.3 Å². The third-order valence-electron chi connectivity index (χ3n) is 3.23. The maximum atomic E-state index is 12.1. The summed E-state index contributed by atoms with van der Waals surface area (Å²) in [6, 6.07) is 8.52. The van der Waals surface area contributed by atoms with Gasteiger partial charge in [-0.2, -0.15) is 0 Å². The predicted octanol–water partition coefficient (Wildman–Crippen LogP) is 1.10. The molecule has 1 aromatic carbocycles. The van der Waals surface area contributed by atoms with Gasteiger partial charge >= 0.3 is 0 Å². The Kier molecular flexibility index (Phi) is 3.86.